The van der Waals surface area contributed by atoms with E-state index in [0.29, 0.717) is 48.8 Å². The lowest BCUT2D eigenvalue weighted by atomic mass is 10.1. The van der Waals surface area contributed by atoms with Crippen LogP contribution in [-0.4, -0.2) is 57.4 Å². The second-order valence-electron chi connectivity index (χ2n) is 7.53. The van der Waals surface area contributed by atoms with Gasteiger partial charge in [0, 0.05) is 43.8 Å². The number of aromatic nitrogens is 3. The Morgan fingerprint density at radius 2 is 1.82 bits per heavy atom. The van der Waals surface area contributed by atoms with Gasteiger partial charge in [-0.3, -0.25) is 0 Å². The number of carboxylic acid groups (broad SMARTS) is 1. The summed E-state index contributed by atoms with van der Waals surface area (Å²) >= 11 is 0. The number of methoxy groups -OCH3 is 1. The molecular weight excluding hydrogens is 431 g/mol. The smallest absolute Gasteiger partial charge is 0.407 e. The van der Waals surface area contributed by atoms with E-state index in [1.54, 1.807) is 31.3 Å². The molecule has 0 spiro atoms. The molecule has 10 heteroatoms. The molecule has 3 aromatic rings. The molecule has 3 heterocycles. The van der Waals surface area contributed by atoms with E-state index >= 15 is 0 Å². The minimum absolute atomic E-state index is 0.0164. The van der Waals surface area contributed by atoms with Gasteiger partial charge in [0.1, 0.15) is 12.4 Å². The maximum atomic E-state index is 14.8. The molecule has 33 heavy (non-hydrogen) atoms. The summed E-state index contributed by atoms with van der Waals surface area (Å²) < 4.78 is 31.5. The van der Waals surface area contributed by atoms with E-state index in [9.17, 15) is 9.18 Å². The summed E-state index contributed by atoms with van der Waals surface area (Å²) in [7, 11) is 1.53. The fraction of sp³-hybridized carbons (Fsp3) is 0.304. The van der Waals surface area contributed by atoms with Gasteiger partial charge in [-0.2, -0.15) is 0 Å². The average Bonchev–Trinajstić information content (AvgIpc) is 2.83. The fourth-order valence-corrected chi connectivity index (χ4v) is 3.50. The summed E-state index contributed by atoms with van der Waals surface area (Å²) in [5.41, 5.74) is 1.91. The van der Waals surface area contributed by atoms with Gasteiger partial charge in [0.05, 0.1) is 12.7 Å². The summed E-state index contributed by atoms with van der Waals surface area (Å²) in [5, 5.41) is 9.07. The first kappa shape index (κ1) is 22.3. The van der Waals surface area contributed by atoms with Gasteiger partial charge >= 0.3 is 6.09 Å². The molecule has 9 nitrogen and oxygen atoms in total. The Bertz CT molecular complexity index is 1130. The topological polar surface area (TPSA) is 107 Å². The zero-order valence-electron chi connectivity index (χ0n) is 18.2. The third-order valence-electron chi connectivity index (χ3n) is 5.40. The van der Waals surface area contributed by atoms with Crippen molar-refractivity contribution in [2.45, 2.75) is 25.9 Å². The SMILES string of the molecule is COc1ccc(-c2ccc(Oc3ncnc(OC4CCN(C(=O)O)CC4)c3C)c(F)c2)cn1. The lowest BCUT2D eigenvalue weighted by Gasteiger charge is -2.30. The van der Waals surface area contributed by atoms with E-state index in [-0.39, 0.29) is 17.7 Å². The average molecular weight is 454 g/mol. The molecule has 0 radical (unpaired) electrons. The summed E-state index contributed by atoms with van der Waals surface area (Å²) in [6.07, 6.45) is 2.91. The van der Waals surface area contributed by atoms with Crippen LogP contribution in [0.5, 0.6) is 23.4 Å². The molecule has 1 aromatic carbocycles. The van der Waals surface area contributed by atoms with E-state index in [1.165, 1.54) is 30.5 Å². The van der Waals surface area contributed by atoms with E-state index in [1.807, 2.05) is 0 Å². The van der Waals surface area contributed by atoms with E-state index in [0.717, 1.165) is 5.56 Å². The molecule has 1 aliphatic heterocycles. The van der Waals surface area contributed by atoms with Gasteiger partial charge in [-0.25, -0.2) is 24.1 Å². The second-order valence-corrected chi connectivity index (χ2v) is 7.53. The van der Waals surface area contributed by atoms with Crippen LogP contribution in [0.3, 0.4) is 0 Å². The number of pyridine rings is 1. The number of carbonyl (C=O) groups is 1. The number of likely N-dealkylation sites (tertiary alicyclic amines) is 1. The Morgan fingerprint density at radius 3 is 2.45 bits per heavy atom. The first-order valence-electron chi connectivity index (χ1n) is 10.4. The van der Waals surface area contributed by atoms with Crippen LogP contribution in [0.2, 0.25) is 0 Å². The Kier molecular flexibility index (Phi) is 6.53. The van der Waals surface area contributed by atoms with E-state index in [2.05, 4.69) is 15.0 Å². The number of piperidine rings is 1. The van der Waals surface area contributed by atoms with Gasteiger partial charge in [0.15, 0.2) is 11.6 Å². The minimum atomic E-state index is -0.932. The standard InChI is InChI=1S/C23H23FN4O5/c1-14-21(32-17-7-9-28(10-8-17)23(29)30)26-13-27-22(14)33-19-5-3-15(11-18(19)24)16-4-6-20(31-2)25-12-16/h3-6,11-13,17H,7-10H2,1-2H3,(H,29,30). The Morgan fingerprint density at radius 1 is 1.09 bits per heavy atom. The number of benzene rings is 1. The van der Waals surface area contributed by atoms with Crippen LogP contribution in [-0.2, 0) is 0 Å². The van der Waals surface area contributed by atoms with Crippen molar-refractivity contribution in [2.75, 3.05) is 20.2 Å². The Balaban J connectivity index is 1.46. The lowest BCUT2D eigenvalue weighted by Crippen LogP contribution is -2.41. The van der Waals surface area contributed by atoms with Gasteiger partial charge < -0.3 is 24.2 Å². The first-order valence-corrected chi connectivity index (χ1v) is 10.4. The van der Waals surface area contributed by atoms with Crippen LogP contribution >= 0.6 is 0 Å². The van der Waals surface area contributed by atoms with Gasteiger partial charge in [-0.1, -0.05) is 6.07 Å². The van der Waals surface area contributed by atoms with Crippen molar-refractivity contribution in [3.05, 3.63) is 54.2 Å². The van der Waals surface area contributed by atoms with Crippen LogP contribution in [0, 0.1) is 12.7 Å². The second kappa shape index (κ2) is 9.68. The molecule has 1 N–H and O–H groups in total. The van der Waals surface area contributed by atoms with Gasteiger partial charge in [-0.05, 0) is 30.7 Å². The molecule has 2 aromatic heterocycles. The van der Waals surface area contributed by atoms with Crippen LogP contribution in [0.25, 0.3) is 11.1 Å². The van der Waals surface area contributed by atoms with Crippen molar-refractivity contribution in [1.82, 2.24) is 19.9 Å². The number of ether oxygens (including phenoxy) is 3. The van der Waals surface area contributed by atoms with Crippen LogP contribution in [0.1, 0.15) is 18.4 Å². The molecule has 4 rings (SSSR count). The maximum Gasteiger partial charge on any atom is 0.407 e. The van der Waals surface area contributed by atoms with Gasteiger partial charge in [-0.15, -0.1) is 0 Å². The highest BCUT2D eigenvalue weighted by molar-refractivity contribution is 5.65. The molecule has 1 amide bonds. The third kappa shape index (κ3) is 5.11. The molecule has 1 aliphatic rings. The van der Waals surface area contributed by atoms with Crippen LogP contribution in [0.15, 0.2) is 42.9 Å². The predicted molar refractivity (Wildman–Crippen MR) is 116 cm³/mol. The molecule has 1 saturated heterocycles. The van der Waals surface area contributed by atoms with Crippen molar-refractivity contribution >= 4 is 6.09 Å². The van der Waals surface area contributed by atoms with Crippen LogP contribution in [0.4, 0.5) is 9.18 Å². The Hall–Kier alpha value is -3.95. The lowest BCUT2D eigenvalue weighted by molar-refractivity contribution is 0.0864. The van der Waals surface area contributed by atoms with Crippen molar-refractivity contribution in [2.24, 2.45) is 0 Å². The van der Waals surface area contributed by atoms with Gasteiger partial charge in [0.25, 0.3) is 0 Å². The number of hydrogen-bond donors (Lipinski definition) is 1. The summed E-state index contributed by atoms with van der Waals surface area (Å²) in [6, 6.07) is 8.11. The fourth-order valence-electron chi connectivity index (χ4n) is 3.50. The molecular formula is C23H23FN4O5. The molecule has 0 aliphatic carbocycles. The number of hydrogen-bond acceptors (Lipinski definition) is 7. The summed E-state index contributed by atoms with van der Waals surface area (Å²) in [4.78, 5) is 24.8. The van der Waals surface area contributed by atoms with E-state index < -0.39 is 11.9 Å². The third-order valence-corrected chi connectivity index (χ3v) is 5.40. The Labute approximate surface area is 189 Å². The van der Waals surface area contributed by atoms with Crippen molar-refractivity contribution in [3.63, 3.8) is 0 Å². The summed E-state index contributed by atoms with van der Waals surface area (Å²) in [6.45, 7) is 2.52. The zero-order valence-corrected chi connectivity index (χ0v) is 18.2. The molecule has 172 valence electrons. The minimum Gasteiger partial charge on any atom is -0.481 e. The summed E-state index contributed by atoms with van der Waals surface area (Å²) in [5.74, 6) is 0.451. The molecule has 0 bridgehead atoms. The normalized spacial score (nSPS) is 14.1. The molecule has 0 saturated carbocycles. The number of rotatable bonds is 6. The largest absolute Gasteiger partial charge is 0.481 e. The van der Waals surface area contributed by atoms with Crippen molar-refractivity contribution in [3.8, 4) is 34.5 Å². The first-order chi connectivity index (χ1) is 15.9. The van der Waals surface area contributed by atoms with Crippen molar-refractivity contribution in [1.29, 1.82) is 0 Å². The number of amides is 1. The van der Waals surface area contributed by atoms with E-state index in [4.69, 9.17) is 19.3 Å². The highest BCUT2D eigenvalue weighted by Gasteiger charge is 2.25. The maximum absolute atomic E-state index is 14.8. The van der Waals surface area contributed by atoms with Crippen molar-refractivity contribution < 1.29 is 28.5 Å². The van der Waals surface area contributed by atoms with Gasteiger partial charge in [0.2, 0.25) is 17.6 Å². The quantitative estimate of drug-likeness (QED) is 0.587. The molecule has 1 fully saturated rings. The monoisotopic (exact) mass is 454 g/mol. The highest BCUT2D eigenvalue weighted by Crippen LogP contribution is 2.32. The number of nitrogens with zero attached hydrogens (tertiary/aromatic N) is 4. The zero-order chi connectivity index (χ0) is 23.4. The predicted octanol–water partition coefficient (Wildman–Crippen LogP) is 4.31. The highest BCUT2D eigenvalue weighted by atomic mass is 19.1. The van der Waals surface area contributed by atoms with Crippen LogP contribution < -0.4 is 14.2 Å². The number of halogens is 1. The molecule has 0 atom stereocenters. The molecule has 0 unspecified atom stereocenters.